The van der Waals surface area contributed by atoms with Gasteiger partial charge in [-0.15, -0.1) is 0 Å². The van der Waals surface area contributed by atoms with E-state index in [0.29, 0.717) is 19.0 Å². The fourth-order valence-corrected chi connectivity index (χ4v) is 2.73. The Morgan fingerprint density at radius 3 is 2.60 bits per heavy atom. The van der Waals surface area contributed by atoms with Crippen LogP contribution in [0.5, 0.6) is 0 Å². The third-order valence-electron chi connectivity index (χ3n) is 4.11. The van der Waals surface area contributed by atoms with Gasteiger partial charge in [-0.2, -0.15) is 0 Å². The zero-order valence-corrected chi connectivity index (χ0v) is 12.2. The molecule has 2 rings (SSSR count). The summed E-state index contributed by atoms with van der Waals surface area (Å²) in [5, 5.41) is 9.29. The lowest BCUT2D eigenvalue weighted by Crippen LogP contribution is -2.49. The Balaban J connectivity index is 2.06. The van der Waals surface area contributed by atoms with Crippen LogP contribution in [0.2, 0.25) is 0 Å². The number of urea groups is 1. The van der Waals surface area contributed by atoms with Crippen LogP contribution in [0, 0.1) is 0 Å². The lowest BCUT2D eigenvalue weighted by atomic mass is 10.2. The molecule has 6 nitrogen and oxygen atoms in total. The number of rotatable bonds is 6. The van der Waals surface area contributed by atoms with Crippen LogP contribution >= 0.6 is 0 Å². The van der Waals surface area contributed by atoms with Crippen molar-refractivity contribution in [3.63, 3.8) is 0 Å². The van der Waals surface area contributed by atoms with Crippen molar-refractivity contribution < 1.29 is 19.4 Å². The summed E-state index contributed by atoms with van der Waals surface area (Å²) in [6.07, 6.45) is 4.27. The number of aliphatic carboxylic acids is 1. The van der Waals surface area contributed by atoms with Crippen LogP contribution in [0.25, 0.3) is 0 Å². The number of hydrogen-bond acceptors (Lipinski definition) is 3. The molecule has 0 radical (unpaired) electrons. The number of carbonyl (C=O) groups excluding carboxylic acids is 1. The summed E-state index contributed by atoms with van der Waals surface area (Å²) < 4.78 is 5.23. The minimum Gasteiger partial charge on any atom is -0.480 e. The fourth-order valence-electron chi connectivity index (χ4n) is 2.73. The average molecular weight is 284 g/mol. The van der Waals surface area contributed by atoms with Crippen molar-refractivity contribution in [2.45, 2.75) is 57.2 Å². The van der Waals surface area contributed by atoms with E-state index in [4.69, 9.17) is 4.74 Å². The van der Waals surface area contributed by atoms with Gasteiger partial charge in [0.05, 0.1) is 6.10 Å². The highest BCUT2D eigenvalue weighted by atomic mass is 16.5. The Bertz CT molecular complexity index is 370. The van der Waals surface area contributed by atoms with Gasteiger partial charge in [0.1, 0.15) is 6.04 Å². The molecule has 1 saturated carbocycles. The Hall–Kier alpha value is -1.30. The number of methoxy groups -OCH3 is 1. The van der Waals surface area contributed by atoms with E-state index >= 15 is 0 Å². The molecule has 1 N–H and O–H groups in total. The van der Waals surface area contributed by atoms with Crippen LogP contribution in [-0.2, 0) is 9.53 Å². The quantitative estimate of drug-likeness (QED) is 0.803. The maximum absolute atomic E-state index is 12.6. The summed E-state index contributed by atoms with van der Waals surface area (Å²) in [5.41, 5.74) is 0. The van der Waals surface area contributed by atoms with E-state index in [-0.39, 0.29) is 12.1 Å². The topological polar surface area (TPSA) is 70.1 Å². The zero-order valence-electron chi connectivity index (χ0n) is 12.2. The number of hydrogen-bond donors (Lipinski definition) is 1. The van der Waals surface area contributed by atoms with Crippen molar-refractivity contribution in [3.05, 3.63) is 0 Å². The van der Waals surface area contributed by atoms with E-state index in [1.165, 1.54) is 4.90 Å². The SMILES string of the molecule is CCCCN(C(=O)N1CC(OC)CC1C(=O)O)C1CC1. The van der Waals surface area contributed by atoms with Crippen molar-refractivity contribution >= 4 is 12.0 Å². The summed E-state index contributed by atoms with van der Waals surface area (Å²) in [6, 6.07) is -0.576. The first-order valence-corrected chi connectivity index (χ1v) is 7.41. The number of unbranched alkanes of at least 4 members (excludes halogenated alkanes) is 1. The van der Waals surface area contributed by atoms with Gasteiger partial charge >= 0.3 is 12.0 Å². The first-order chi connectivity index (χ1) is 9.58. The van der Waals surface area contributed by atoms with Crippen LogP contribution in [0.15, 0.2) is 0 Å². The third kappa shape index (κ3) is 3.23. The molecule has 6 heteroatoms. The van der Waals surface area contributed by atoms with Crippen molar-refractivity contribution in [2.75, 3.05) is 20.2 Å². The molecule has 0 aromatic carbocycles. The fraction of sp³-hybridized carbons (Fsp3) is 0.857. The summed E-state index contributed by atoms with van der Waals surface area (Å²) in [5.74, 6) is -0.941. The molecule has 0 aromatic rings. The second kappa shape index (κ2) is 6.43. The minimum absolute atomic E-state index is 0.132. The summed E-state index contributed by atoms with van der Waals surface area (Å²) >= 11 is 0. The smallest absolute Gasteiger partial charge is 0.326 e. The monoisotopic (exact) mass is 284 g/mol. The lowest BCUT2D eigenvalue weighted by molar-refractivity contribution is -0.141. The Kier molecular flexibility index (Phi) is 4.86. The van der Waals surface area contributed by atoms with Gasteiger partial charge in [0.25, 0.3) is 0 Å². The number of carboxylic acid groups (broad SMARTS) is 1. The predicted octanol–water partition coefficient (Wildman–Crippen LogP) is 1.54. The zero-order chi connectivity index (χ0) is 14.7. The minimum atomic E-state index is -0.941. The van der Waals surface area contributed by atoms with E-state index in [9.17, 15) is 14.7 Å². The van der Waals surface area contributed by atoms with Crippen LogP contribution in [0.3, 0.4) is 0 Å². The van der Waals surface area contributed by atoms with Gasteiger partial charge in [0.2, 0.25) is 0 Å². The first kappa shape index (κ1) is 15.1. The molecule has 0 bridgehead atoms. The number of carboxylic acids is 1. The summed E-state index contributed by atoms with van der Waals surface area (Å²) in [7, 11) is 1.56. The van der Waals surface area contributed by atoms with Gasteiger partial charge < -0.3 is 19.6 Å². The first-order valence-electron chi connectivity index (χ1n) is 7.41. The van der Waals surface area contributed by atoms with E-state index in [1.54, 1.807) is 7.11 Å². The van der Waals surface area contributed by atoms with E-state index in [0.717, 1.165) is 32.2 Å². The maximum Gasteiger partial charge on any atom is 0.326 e. The van der Waals surface area contributed by atoms with Gasteiger partial charge in [0.15, 0.2) is 0 Å². The number of ether oxygens (including phenoxy) is 1. The number of likely N-dealkylation sites (tertiary alicyclic amines) is 1. The number of nitrogens with zero attached hydrogens (tertiary/aromatic N) is 2. The third-order valence-corrected chi connectivity index (χ3v) is 4.11. The van der Waals surface area contributed by atoms with Crippen LogP contribution in [0.1, 0.15) is 39.0 Å². The van der Waals surface area contributed by atoms with Crippen molar-refractivity contribution in [3.8, 4) is 0 Å². The molecule has 20 heavy (non-hydrogen) atoms. The largest absolute Gasteiger partial charge is 0.480 e. The molecule has 0 spiro atoms. The molecular formula is C14H24N2O4. The van der Waals surface area contributed by atoms with E-state index in [2.05, 4.69) is 6.92 Å². The van der Waals surface area contributed by atoms with Crippen LogP contribution < -0.4 is 0 Å². The molecule has 0 aromatic heterocycles. The molecule has 2 atom stereocenters. The van der Waals surface area contributed by atoms with Gasteiger partial charge in [-0.05, 0) is 19.3 Å². The van der Waals surface area contributed by atoms with Crippen LogP contribution in [-0.4, -0.2) is 65.3 Å². The molecular weight excluding hydrogens is 260 g/mol. The molecule has 2 aliphatic rings. The predicted molar refractivity (Wildman–Crippen MR) is 73.6 cm³/mol. The van der Waals surface area contributed by atoms with E-state index in [1.807, 2.05) is 4.90 Å². The number of carbonyl (C=O) groups is 2. The summed E-state index contributed by atoms with van der Waals surface area (Å²) in [4.78, 5) is 27.3. The molecule has 1 aliphatic heterocycles. The highest BCUT2D eigenvalue weighted by molar-refractivity contribution is 5.84. The molecule has 114 valence electrons. The molecule has 1 heterocycles. The second-order valence-corrected chi connectivity index (χ2v) is 5.66. The maximum atomic E-state index is 12.6. The second-order valence-electron chi connectivity index (χ2n) is 5.66. The Morgan fingerprint density at radius 2 is 2.10 bits per heavy atom. The number of amides is 2. The average Bonchev–Trinajstić information content (AvgIpc) is 3.16. The molecule has 2 amide bonds. The van der Waals surface area contributed by atoms with Gasteiger partial charge in [0, 0.05) is 32.7 Å². The molecule has 1 saturated heterocycles. The van der Waals surface area contributed by atoms with Gasteiger partial charge in [-0.1, -0.05) is 13.3 Å². The lowest BCUT2D eigenvalue weighted by Gasteiger charge is -2.30. The van der Waals surface area contributed by atoms with Crippen molar-refractivity contribution in [2.24, 2.45) is 0 Å². The normalized spacial score (nSPS) is 25.8. The molecule has 1 aliphatic carbocycles. The summed E-state index contributed by atoms with van der Waals surface area (Å²) in [6.45, 7) is 3.19. The van der Waals surface area contributed by atoms with Crippen molar-refractivity contribution in [1.29, 1.82) is 0 Å². The highest BCUT2D eigenvalue weighted by Gasteiger charge is 2.43. The Labute approximate surface area is 119 Å². The molecule has 2 fully saturated rings. The van der Waals surface area contributed by atoms with Crippen molar-refractivity contribution in [1.82, 2.24) is 9.80 Å². The van der Waals surface area contributed by atoms with E-state index < -0.39 is 12.0 Å². The van der Waals surface area contributed by atoms with Gasteiger partial charge in [-0.25, -0.2) is 9.59 Å². The highest BCUT2D eigenvalue weighted by Crippen LogP contribution is 2.30. The molecule has 2 unspecified atom stereocenters. The standard InChI is InChI=1S/C14H24N2O4/c1-3-4-7-15(10-5-6-10)14(19)16-9-11(20-2)8-12(16)13(17)18/h10-12H,3-9H2,1-2H3,(H,17,18). The van der Waals surface area contributed by atoms with Crippen LogP contribution in [0.4, 0.5) is 4.79 Å². The Morgan fingerprint density at radius 1 is 1.40 bits per heavy atom. The van der Waals surface area contributed by atoms with Gasteiger partial charge in [-0.3, -0.25) is 0 Å².